The molecular formula is C18H36N2O. The minimum Gasteiger partial charge on any atom is -0.379 e. The van der Waals surface area contributed by atoms with E-state index in [1.807, 2.05) is 0 Å². The monoisotopic (exact) mass is 296 g/mol. The van der Waals surface area contributed by atoms with Gasteiger partial charge in [0.1, 0.15) is 0 Å². The Hall–Kier alpha value is -0.120. The van der Waals surface area contributed by atoms with Crippen LogP contribution in [0.2, 0.25) is 0 Å². The lowest BCUT2D eigenvalue weighted by Crippen LogP contribution is -2.53. The van der Waals surface area contributed by atoms with Crippen molar-refractivity contribution in [3.63, 3.8) is 0 Å². The van der Waals surface area contributed by atoms with Crippen LogP contribution in [0.5, 0.6) is 0 Å². The van der Waals surface area contributed by atoms with Crippen LogP contribution in [0.1, 0.15) is 54.9 Å². The SMILES string of the molecule is C[C@@H]1[C@@H](CN2CCOCC2)C[C@@H](C(C)(C)C)N1C(C)(C)C. The van der Waals surface area contributed by atoms with E-state index in [2.05, 4.69) is 58.3 Å². The maximum atomic E-state index is 5.49. The second kappa shape index (κ2) is 6.17. The van der Waals surface area contributed by atoms with Crippen molar-refractivity contribution in [3.05, 3.63) is 0 Å². The molecule has 21 heavy (non-hydrogen) atoms. The molecule has 0 saturated carbocycles. The predicted molar refractivity (Wildman–Crippen MR) is 89.7 cm³/mol. The van der Waals surface area contributed by atoms with E-state index in [1.165, 1.54) is 13.0 Å². The molecule has 2 heterocycles. The number of ether oxygens (including phenoxy) is 1. The second-order valence-electron chi connectivity index (χ2n) is 9.11. The fourth-order valence-electron chi connectivity index (χ4n) is 4.30. The standard InChI is InChI=1S/C18H36N2O/c1-14-15(13-19-8-10-21-11-9-19)12-16(17(2,3)4)20(14)18(5,6)7/h14-16H,8-13H2,1-7H3/t14-,15-,16+/m1/s1. The summed E-state index contributed by atoms with van der Waals surface area (Å²) < 4.78 is 5.49. The first-order valence-electron chi connectivity index (χ1n) is 8.69. The molecule has 2 saturated heterocycles. The Morgan fingerprint density at radius 2 is 1.57 bits per heavy atom. The Morgan fingerprint density at radius 1 is 1.00 bits per heavy atom. The number of hydrogen-bond acceptors (Lipinski definition) is 3. The average Bonchev–Trinajstić information content (AvgIpc) is 2.68. The molecule has 3 atom stereocenters. The molecule has 0 aromatic rings. The van der Waals surface area contributed by atoms with Gasteiger partial charge in [-0.25, -0.2) is 0 Å². The number of morpholine rings is 1. The summed E-state index contributed by atoms with van der Waals surface area (Å²) in [7, 11) is 0. The normalized spacial score (nSPS) is 33.6. The minimum absolute atomic E-state index is 0.247. The molecule has 3 heteroatoms. The second-order valence-corrected chi connectivity index (χ2v) is 9.11. The van der Waals surface area contributed by atoms with E-state index in [0.29, 0.717) is 17.5 Å². The molecule has 0 amide bonds. The largest absolute Gasteiger partial charge is 0.379 e. The van der Waals surface area contributed by atoms with Crippen LogP contribution in [0.4, 0.5) is 0 Å². The van der Waals surface area contributed by atoms with Gasteiger partial charge in [0.15, 0.2) is 0 Å². The highest BCUT2D eigenvalue weighted by Gasteiger charge is 2.48. The Kier molecular flexibility index (Phi) is 5.07. The van der Waals surface area contributed by atoms with E-state index in [4.69, 9.17) is 4.74 Å². The van der Waals surface area contributed by atoms with E-state index in [-0.39, 0.29) is 5.54 Å². The van der Waals surface area contributed by atoms with Crippen molar-refractivity contribution in [1.82, 2.24) is 9.80 Å². The number of hydrogen-bond donors (Lipinski definition) is 0. The Labute approximate surface area is 132 Å². The van der Waals surface area contributed by atoms with Gasteiger partial charge in [0, 0.05) is 37.3 Å². The molecule has 124 valence electrons. The van der Waals surface area contributed by atoms with Crippen LogP contribution in [0.25, 0.3) is 0 Å². The molecule has 0 aliphatic carbocycles. The van der Waals surface area contributed by atoms with Crippen molar-refractivity contribution < 1.29 is 4.74 Å². The molecule has 2 fully saturated rings. The summed E-state index contributed by atoms with van der Waals surface area (Å²) in [6, 6.07) is 1.34. The zero-order valence-electron chi connectivity index (χ0n) is 15.3. The zero-order valence-corrected chi connectivity index (χ0v) is 15.3. The van der Waals surface area contributed by atoms with Gasteiger partial charge in [0.25, 0.3) is 0 Å². The first-order valence-corrected chi connectivity index (χ1v) is 8.69. The van der Waals surface area contributed by atoms with Crippen molar-refractivity contribution >= 4 is 0 Å². The lowest BCUT2D eigenvalue weighted by Gasteiger charge is -2.45. The molecule has 0 N–H and O–H groups in total. The van der Waals surface area contributed by atoms with Crippen LogP contribution >= 0.6 is 0 Å². The van der Waals surface area contributed by atoms with Crippen molar-refractivity contribution in [2.75, 3.05) is 32.8 Å². The average molecular weight is 296 g/mol. The molecule has 2 aliphatic heterocycles. The first kappa shape index (κ1) is 17.2. The van der Waals surface area contributed by atoms with Crippen molar-refractivity contribution in [2.24, 2.45) is 11.3 Å². The van der Waals surface area contributed by atoms with Gasteiger partial charge < -0.3 is 4.74 Å². The molecule has 0 spiro atoms. The third-order valence-electron chi connectivity index (χ3n) is 5.35. The van der Waals surface area contributed by atoms with E-state index in [9.17, 15) is 0 Å². The summed E-state index contributed by atoms with van der Waals surface area (Å²) in [5.41, 5.74) is 0.596. The Balaban J connectivity index is 2.10. The lowest BCUT2D eigenvalue weighted by atomic mass is 9.82. The molecule has 0 radical (unpaired) electrons. The topological polar surface area (TPSA) is 15.7 Å². The van der Waals surface area contributed by atoms with Gasteiger partial charge in [-0.3, -0.25) is 9.80 Å². The van der Waals surface area contributed by atoms with Gasteiger partial charge >= 0.3 is 0 Å². The maximum Gasteiger partial charge on any atom is 0.0594 e. The van der Waals surface area contributed by atoms with Crippen molar-refractivity contribution in [1.29, 1.82) is 0 Å². The molecule has 3 nitrogen and oxygen atoms in total. The molecular weight excluding hydrogens is 260 g/mol. The van der Waals surface area contributed by atoms with Crippen molar-refractivity contribution in [3.8, 4) is 0 Å². The highest BCUT2D eigenvalue weighted by atomic mass is 16.5. The molecule has 0 aromatic carbocycles. The van der Waals surface area contributed by atoms with E-state index in [0.717, 1.165) is 32.2 Å². The molecule has 0 bridgehead atoms. The predicted octanol–water partition coefficient (Wildman–Crippen LogP) is 3.24. The highest BCUT2D eigenvalue weighted by molar-refractivity contribution is 5.02. The Bertz CT molecular complexity index is 336. The van der Waals surface area contributed by atoms with Gasteiger partial charge in [0.2, 0.25) is 0 Å². The summed E-state index contributed by atoms with van der Waals surface area (Å²) in [6.45, 7) is 22.1. The van der Waals surface area contributed by atoms with Gasteiger partial charge in [-0.1, -0.05) is 20.8 Å². The van der Waals surface area contributed by atoms with E-state index >= 15 is 0 Å². The van der Waals surface area contributed by atoms with Gasteiger partial charge in [-0.05, 0) is 45.4 Å². The van der Waals surface area contributed by atoms with E-state index in [1.54, 1.807) is 0 Å². The van der Waals surface area contributed by atoms with Gasteiger partial charge in [-0.2, -0.15) is 0 Å². The van der Waals surface area contributed by atoms with E-state index < -0.39 is 0 Å². The fraction of sp³-hybridized carbons (Fsp3) is 1.00. The first-order chi connectivity index (χ1) is 9.60. The minimum atomic E-state index is 0.247. The van der Waals surface area contributed by atoms with Crippen LogP contribution in [0, 0.1) is 11.3 Å². The third-order valence-corrected chi connectivity index (χ3v) is 5.35. The van der Waals surface area contributed by atoms with Crippen LogP contribution < -0.4 is 0 Å². The Morgan fingerprint density at radius 3 is 2.00 bits per heavy atom. The molecule has 0 unspecified atom stereocenters. The maximum absolute atomic E-state index is 5.49. The van der Waals surface area contributed by atoms with Gasteiger partial charge in [-0.15, -0.1) is 0 Å². The summed E-state index contributed by atoms with van der Waals surface area (Å²) in [5.74, 6) is 0.784. The van der Waals surface area contributed by atoms with Gasteiger partial charge in [0.05, 0.1) is 13.2 Å². The van der Waals surface area contributed by atoms with Crippen LogP contribution in [-0.2, 0) is 4.74 Å². The summed E-state index contributed by atoms with van der Waals surface area (Å²) in [5, 5.41) is 0. The number of nitrogens with zero attached hydrogens (tertiary/aromatic N) is 2. The molecule has 2 aliphatic rings. The molecule has 0 aromatic heterocycles. The highest BCUT2D eigenvalue weighted by Crippen LogP contribution is 2.43. The van der Waals surface area contributed by atoms with Crippen molar-refractivity contribution in [2.45, 2.75) is 72.5 Å². The number of rotatable bonds is 2. The smallest absolute Gasteiger partial charge is 0.0594 e. The van der Waals surface area contributed by atoms with Crippen LogP contribution in [0.15, 0.2) is 0 Å². The van der Waals surface area contributed by atoms with Crippen LogP contribution in [-0.4, -0.2) is 60.3 Å². The van der Waals surface area contributed by atoms with Crippen LogP contribution in [0.3, 0.4) is 0 Å². The summed E-state index contributed by atoms with van der Waals surface area (Å²) >= 11 is 0. The zero-order chi connectivity index (χ0) is 15.8. The number of likely N-dealkylation sites (tertiary alicyclic amines) is 1. The third kappa shape index (κ3) is 4.00. The quantitative estimate of drug-likeness (QED) is 0.778. The summed E-state index contributed by atoms with van der Waals surface area (Å²) in [4.78, 5) is 5.40. The fourth-order valence-corrected chi connectivity index (χ4v) is 4.30. The molecule has 2 rings (SSSR count). The summed E-state index contributed by atoms with van der Waals surface area (Å²) in [6.07, 6.45) is 1.33. The lowest BCUT2D eigenvalue weighted by molar-refractivity contribution is 0.0158.